The van der Waals surface area contributed by atoms with Gasteiger partial charge in [-0.15, -0.1) is 0 Å². The minimum Gasteiger partial charge on any atom is -0.481 e. The number of esters is 2. The lowest BCUT2D eigenvalue weighted by atomic mass is 9.74. The second kappa shape index (κ2) is 45.9. The van der Waals surface area contributed by atoms with E-state index in [-0.39, 0.29) is 44.4 Å². The second-order valence-electron chi connectivity index (χ2n) is 27.8. The van der Waals surface area contributed by atoms with Crippen LogP contribution in [0.2, 0.25) is 0 Å². The number of ether oxygens (including phenoxy) is 7. The molecule has 0 bridgehead atoms. The van der Waals surface area contributed by atoms with Crippen LogP contribution in [-0.4, -0.2) is 179 Å². The molecule has 0 amide bonds. The number of Topliss-reactive ketones (excluding diaryl/α,β-unsaturated/α-hetero) is 1. The van der Waals surface area contributed by atoms with Crippen molar-refractivity contribution in [2.75, 3.05) is 27.8 Å². The zero-order valence-corrected chi connectivity index (χ0v) is 60.9. The third-order valence-corrected chi connectivity index (χ3v) is 19.5. The van der Waals surface area contributed by atoms with Gasteiger partial charge >= 0.3 is 28.3 Å². The van der Waals surface area contributed by atoms with Gasteiger partial charge in [0, 0.05) is 44.1 Å². The molecule has 544 valence electrons. The van der Waals surface area contributed by atoms with Crippen molar-refractivity contribution in [3.8, 4) is 0 Å². The summed E-state index contributed by atoms with van der Waals surface area (Å²) in [6, 6.07) is -0.319. The third-order valence-electron chi connectivity index (χ3n) is 19.1. The minimum absolute atomic E-state index is 0.0760. The van der Waals surface area contributed by atoms with Crippen LogP contribution in [0.5, 0.6) is 0 Å². The Morgan fingerprint density at radius 3 is 1.57 bits per heavy atom. The van der Waals surface area contributed by atoms with Gasteiger partial charge in [-0.25, -0.2) is 4.18 Å². The summed E-state index contributed by atoms with van der Waals surface area (Å²) in [6.07, 6.45) is 22.4. The molecule has 0 aromatic rings. The number of aliphatic hydroxyl groups excluding tert-OH is 2. The van der Waals surface area contributed by atoms with Crippen LogP contribution in [0.25, 0.3) is 0 Å². The average molecular weight is 1340 g/mol. The molecule has 0 radical (unpaired) electrons. The smallest absolute Gasteiger partial charge is 0.397 e. The quantitative estimate of drug-likeness (QED) is 0.0191. The summed E-state index contributed by atoms with van der Waals surface area (Å²) in [6.45, 7) is 22.6. The number of hydrogen-bond donors (Lipinski definition) is 6. The molecule has 3 aliphatic rings. The van der Waals surface area contributed by atoms with Gasteiger partial charge in [-0.05, 0) is 87.7 Å². The maximum Gasteiger partial charge on any atom is 0.397 e. The maximum atomic E-state index is 14.2. The van der Waals surface area contributed by atoms with Crippen molar-refractivity contribution in [3.63, 3.8) is 0 Å². The van der Waals surface area contributed by atoms with Crippen LogP contribution < -0.4 is 0 Å². The number of methoxy groups -OCH3 is 1. The van der Waals surface area contributed by atoms with Crippen molar-refractivity contribution in [3.05, 3.63) is 0 Å². The van der Waals surface area contributed by atoms with Crippen LogP contribution in [0.15, 0.2) is 0 Å². The van der Waals surface area contributed by atoms with E-state index in [4.69, 9.17) is 42.8 Å². The van der Waals surface area contributed by atoms with Crippen molar-refractivity contribution >= 4 is 34.1 Å². The van der Waals surface area contributed by atoms with Crippen LogP contribution >= 0.6 is 0 Å². The molecule has 0 saturated carbocycles. The molecule has 0 spiro atoms. The Hall–Kier alpha value is -2.45. The first-order valence-corrected chi connectivity index (χ1v) is 37.0. The lowest BCUT2D eigenvalue weighted by molar-refractivity contribution is -0.319. The van der Waals surface area contributed by atoms with Crippen LogP contribution in [0, 0.1) is 23.7 Å². The van der Waals surface area contributed by atoms with E-state index in [1.165, 1.54) is 156 Å². The first-order chi connectivity index (χ1) is 43.2. The van der Waals surface area contributed by atoms with Gasteiger partial charge in [-0.3, -0.25) is 23.7 Å². The van der Waals surface area contributed by atoms with E-state index in [0.29, 0.717) is 19.3 Å². The number of carbonyl (C=O) groups is 4. The van der Waals surface area contributed by atoms with Gasteiger partial charge in [0.1, 0.15) is 23.6 Å². The van der Waals surface area contributed by atoms with Gasteiger partial charge < -0.3 is 63.6 Å². The molecule has 3 fully saturated rings. The molecular weight excluding hydrogens is 1210 g/mol. The van der Waals surface area contributed by atoms with Crippen LogP contribution in [0.4, 0.5) is 0 Å². The SMILES string of the molecule is CCC(=O)O[C@H]1[C@H](O[C@@H]2[C@@H](C)[C@H](O[C@H]3C[C@@](C)(OC)[C@@H](O)[C@H](C)O3)[C@@H](C)C(=O)O[C@H](CC)[C@@](C)(O)[C@H](O)[C@@H](C)C(=O)[C@H](C)C[C@@]2(C)O)O[C@H](C)C[C@@H]1N(C)C.CCCCCCCCCCCCCCCCCC(=O)O.CCCCCCCCCCCCOS(=O)(=O)O. The number of carboxylic acids is 1. The summed E-state index contributed by atoms with van der Waals surface area (Å²) in [4.78, 5) is 53.2. The second-order valence-corrected chi connectivity index (χ2v) is 28.9. The molecule has 22 heteroatoms. The highest BCUT2D eigenvalue weighted by molar-refractivity contribution is 7.80. The molecule has 3 rings (SSSR count). The average Bonchev–Trinajstić information content (AvgIpc) is 0.785. The zero-order chi connectivity index (χ0) is 69.8. The van der Waals surface area contributed by atoms with Crippen LogP contribution in [0.1, 0.15) is 289 Å². The molecule has 0 unspecified atom stereocenters. The standard InChI is InChI=1S/C40H71NO14.C18H36O2.C12H26O4S/c1-15-27-40(11,48)33(44)22(5)30(43)20(3)18-38(9,47)35(55-37-32(53-28(42)16-2)26(41(12)13)17-21(4)50-37)23(6)31(24(7)36(46)52-27)54-29-19-39(10,49-14)34(45)25(8)51-29;1-2-3-4-5-6-7-8-9-10-11-12-13-14-15-16-17-18(19)20;1-2-3-4-5-6-7-8-9-10-11-12-16-17(13,14)15/h20-27,29,31-35,37,44-45,47-48H,15-19H2,1-14H3;2-17H2,1H3,(H,19,20);2-12H2,1H3,(H,13,14,15)/t20-,21-,22+,23+,24-,25+,26+,27-,29+,31+,32-,33-,34+,35-,37+,38-,39-,40-;;/m1../s1. The maximum absolute atomic E-state index is 14.2. The van der Waals surface area contributed by atoms with Gasteiger partial charge in [0.15, 0.2) is 18.7 Å². The van der Waals surface area contributed by atoms with Crippen molar-refractivity contribution in [1.82, 2.24) is 4.90 Å². The van der Waals surface area contributed by atoms with Crippen molar-refractivity contribution in [1.29, 1.82) is 0 Å². The van der Waals surface area contributed by atoms with Crippen LogP contribution in [-0.2, 0) is 66.9 Å². The first kappa shape index (κ1) is 87.6. The highest BCUT2D eigenvalue weighted by atomic mass is 32.3. The molecule has 3 aliphatic heterocycles. The first-order valence-electron chi connectivity index (χ1n) is 35.6. The monoisotopic (exact) mass is 1340 g/mol. The Bertz CT molecular complexity index is 2110. The number of rotatable bonds is 37. The Balaban J connectivity index is 0.000000928. The molecule has 0 aliphatic carbocycles. The number of hydrogen-bond acceptors (Lipinski definition) is 19. The van der Waals surface area contributed by atoms with E-state index >= 15 is 0 Å². The van der Waals surface area contributed by atoms with E-state index in [1.54, 1.807) is 48.5 Å². The van der Waals surface area contributed by atoms with E-state index in [9.17, 15) is 48.0 Å². The molecule has 0 aromatic carbocycles. The minimum atomic E-state index is -4.23. The van der Waals surface area contributed by atoms with E-state index in [1.807, 2.05) is 25.9 Å². The predicted octanol–water partition coefficient (Wildman–Crippen LogP) is 12.8. The number of cyclic esters (lactones) is 1. The van der Waals surface area contributed by atoms with Crippen LogP contribution in [0.3, 0.4) is 0 Å². The Labute approximate surface area is 556 Å². The summed E-state index contributed by atoms with van der Waals surface area (Å²) >= 11 is 0. The van der Waals surface area contributed by atoms with Gasteiger partial charge in [-0.2, -0.15) is 8.42 Å². The van der Waals surface area contributed by atoms with Crippen molar-refractivity contribution in [2.45, 2.75) is 373 Å². The molecule has 3 heterocycles. The van der Waals surface area contributed by atoms with Gasteiger partial charge in [0.25, 0.3) is 0 Å². The zero-order valence-electron chi connectivity index (χ0n) is 60.0. The molecule has 21 nitrogen and oxygen atoms in total. The van der Waals surface area contributed by atoms with Crippen molar-refractivity contribution < 1.29 is 95.0 Å². The number of unbranched alkanes of at least 4 members (excludes halogenated alkanes) is 23. The topological polar surface area (TPSA) is 301 Å². The summed E-state index contributed by atoms with van der Waals surface area (Å²) < 4.78 is 76.6. The fourth-order valence-corrected chi connectivity index (χ4v) is 13.5. The normalized spacial score (nSPS) is 32.6. The van der Waals surface area contributed by atoms with Crippen molar-refractivity contribution in [2.24, 2.45) is 23.7 Å². The number of nitrogens with zero attached hydrogens (tertiary/aromatic N) is 1. The largest absolute Gasteiger partial charge is 0.481 e. The lowest BCUT2D eigenvalue weighted by Gasteiger charge is -2.49. The molecule has 18 atom stereocenters. The third kappa shape index (κ3) is 32.7. The summed E-state index contributed by atoms with van der Waals surface area (Å²) in [5.74, 6) is -6.24. The Morgan fingerprint density at radius 2 is 1.13 bits per heavy atom. The molecule has 6 N–H and O–H groups in total. The predicted molar refractivity (Wildman–Crippen MR) is 357 cm³/mol. The van der Waals surface area contributed by atoms with E-state index in [2.05, 4.69) is 18.0 Å². The number of aliphatic hydroxyl groups is 4. The summed E-state index contributed by atoms with van der Waals surface area (Å²) in [7, 11) is 0.973. The molecule has 0 aromatic heterocycles. The highest BCUT2D eigenvalue weighted by Gasteiger charge is 2.54. The van der Waals surface area contributed by atoms with Gasteiger partial charge in [0.05, 0.1) is 60.3 Å². The molecular formula is C70H133NO20S. The fourth-order valence-electron chi connectivity index (χ4n) is 13.2. The van der Waals surface area contributed by atoms with Gasteiger partial charge in [0.2, 0.25) is 0 Å². The number of carboxylic acid groups (broad SMARTS) is 1. The number of aliphatic carboxylic acids is 1. The Kier molecular flexibility index (Phi) is 43.7. The summed E-state index contributed by atoms with van der Waals surface area (Å²) in [5, 5.41) is 55.1. The number of likely N-dealkylation sites (N-methyl/N-ethyl adjacent to an activating group) is 1. The lowest BCUT2D eigenvalue weighted by Crippen LogP contribution is -2.61. The number of carbonyl (C=O) groups excluding carboxylic acids is 3. The highest BCUT2D eigenvalue weighted by Crippen LogP contribution is 2.41. The van der Waals surface area contributed by atoms with E-state index < -0.39 is 130 Å². The summed E-state index contributed by atoms with van der Waals surface area (Å²) in [5.41, 5.74) is -4.92. The van der Waals surface area contributed by atoms with Gasteiger partial charge in [-0.1, -0.05) is 196 Å². The number of ketones is 1. The van der Waals surface area contributed by atoms with E-state index in [0.717, 1.165) is 25.7 Å². The fraction of sp³-hybridized carbons (Fsp3) is 0.943. The molecule has 92 heavy (non-hydrogen) atoms. The Morgan fingerprint density at radius 1 is 0.652 bits per heavy atom. The molecule has 3 saturated heterocycles.